The lowest BCUT2D eigenvalue weighted by Gasteiger charge is -2.39. The molecule has 2 aliphatic rings. The second kappa shape index (κ2) is 7.41. The van der Waals surface area contributed by atoms with Gasteiger partial charge in [-0.2, -0.15) is 5.10 Å². The van der Waals surface area contributed by atoms with E-state index in [1.54, 1.807) is 13.1 Å². The summed E-state index contributed by atoms with van der Waals surface area (Å²) in [6.07, 6.45) is 2.21. The highest BCUT2D eigenvalue weighted by Gasteiger charge is 2.31. The number of nitrogens with zero attached hydrogens (tertiary/aromatic N) is 4. The van der Waals surface area contributed by atoms with Gasteiger partial charge in [0.25, 0.3) is 5.56 Å². The molecule has 1 amide bonds. The van der Waals surface area contributed by atoms with Crippen molar-refractivity contribution < 1.29 is 4.79 Å². The Labute approximate surface area is 165 Å². The Morgan fingerprint density at radius 1 is 1.14 bits per heavy atom. The summed E-state index contributed by atoms with van der Waals surface area (Å²) in [5, 5.41) is 4.35. The molecule has 28 heavy (non-hydrogen) atoms. The SMILES string of the molecule is Cc1cccc(N2CCN(C(=O)C3CCc4nn(C)c(=O)cc4C3)CC2)c1C. The van der Waals surface area contributed by atoms with Crippen LogP contribution in [0, 0.1) is 19.8 Å². The van der Waals surface area contributed by atoms with Crippen LogP contribution in [-0.2, 0) is 24.7 Å². The highest BCUT2D eigenvalue weighted by molar-refractivity contribution is 5.80. The zero-order valence-electron chi connectivity index (χ0n) is 16.9. The summed E-state index contributed by atoms with van der Waals surface area (Å²) in [5.74, 6) is 0.195. The van der Waals surface area contributed by atoms with Gasteiger partial charge in [-0.15, -0.1) is 0 Å². The minimum absolute atomic E-state index is 0.0336. The summed E-state index contributed by atoms with van der Waals surface area (Å²) < 4.78 is 1.38. The number of rotatable bonds is 2. The van der Waals surface area contributed by atoms with Gasteiger partial charge in [0, 0.05) is 50.9 Å². The van der Waals surface area contributed by atoms with Gasteiger partial charge >= 0.3 is 0 Å². The summed E-state index contributed by atoms with van der Waals surface area (Å²) in [6, 6.07) is 8.07. The first-order valence-electron chi connectivity index (χ1n) is 10.1. The second-order valence-electron chi connectivity index (χ2n) is 8.05. The van der Waals surface area contributed by atoms with Crippen LogP contribution in [0.3, 0.4) is 0 Å². The van der Waals surface area contributed by atoms with Crippen LogP contribution in [0.25, 0.3) is 0 Å². The molecule has 0 saturated carbocycles. The first-order valence-corrected chi connectivity index (χ1v) is 10.1. The number of benzene rings is 1. The Bertz CT molecular complexity index is 957. The smallest absolute Gasteiger partial charge is 0.266 e. The minimum atomic E-state index is -0.103. The molecular formula is C22H28N4O2. The molecule has 6 nitrogen and oxygen atoms in total. The van der Waals surface area contributed by atoms with Gasteiger partial charge in [-0.05, 0) is 55.9 Å². The van der Waals surface area contributed by atoms with Gasteiger partial charge in [0.2, 0.25) is 5.91 Å². The molecule has 1 fully saturated rings. The quantitative estimate of drug-likeness (QED) is 0.798. The van der Waals surface area contributed by atoms with Crippen molar-refractivity contribution in [3.8, 4) is 0 Å². The van der Waals surface area contributed by atoms with E-state index < -0.39 is 0 Å². The number of aryl methyl sites for hydroxylation is 3. The molecule has 2 aromatic rings. The summed E-state index contributed by atoms with van der Waals surface area (Å²) in [5.41, 5.74) is 5.71. The molecular weight excluding hydrogens is 352 g/mol. The highest BCUT2D eigenvalue weighted by Crippen LogP contribution is 2.27. The number of hydrogen-bond acceptors (Lipinski definition) is 4. The van der Waals surface area contributed by atoms with Crippen LogP contribution in [0.5, 0.6) is 0 Å². The number of amides is 1. The Morgan fingerprint density at radius 3 is 2.64 bits per heavy atom. The molecule has 0 radical (unpaired) electrons. The molecule has 2 heterocycles. The maximum absolute atomic E-state index is 13.1. The maximum Gasteiger partial charge on any atom is 0.266 e. The number of anilines is 1. The van der Waals surface area contributed by atoms with Crippen molar-refractivity contribution in [2.45, 2.75) is 33.1 Å². The van der Waals surface area contributed by atoms with Gasteiger partial charge in [-0.3, -0.25) is 9.59 Å². The third kappa shape index (κ3) is 3.43. The number of piperazine rings is 1. The molecule has 0 N–H and O–H groups in total. The molecule has 1 aliphatic heterocycles. The van der Waals surface area contributed by atoms with Gasteiger partial charge in [0.1, 0.15) is 0 Å². The maximum atomic E-state index is 13.1. The molecule has 4 rings (SSSR count). The number of fused-ring (bicyclic) bond motifs is 1. The van der Waals surface area contributed by atoms with Gasteiger partial charge in [0.05, 0.1) is 5.69 Å². The van der Waals surface area contributed by atoms with Crippen LogP contribution >= 0.6 is 0 Å². The molecule has 0 spiro atoms. The molecule has 148 valence electrons. The Hall–Kier alpha value is -2.63. The first-order chi connectivity index (χ1) is 13.4. The second-order valence-corrected chi connectivity index (χ2v) is 8.05. The lowest BCUT2D eigenvalue weighted by molar-refractivity contribution is -0.136. The summed E-state index contributed by atoms with van der Waals surface area (Å²) >= 11 is 0. The normalized spacial score (nSPS) is 19.5. The predicted molar refractivity (Wildman–Crippen MR) is 110 cm³/mol. The number of carbonyl (C=O) groups excluding carboxylic acids is 1. The van der Waals surface area contributed by atoms with Crippen molar-refractivity contribution in [1.82, 2.24) is 14.7 Å². The predicted octanol–water partition coefficient (Wildman–Crippen LogP) is 1.85. The Kier molecular flexibility index (Phi) is 4.96. The lowest BCUT2D eigenvalue weighted by Crippen LogP contribution is -2.51. The van der Waals surface area contributed by atoms with E-state index in [1.807, 2.05) is 4.90 Å². The summed E-state index contributed by atoms with van der Waals surface area (Å²) in [4.78, 5) is 29.4. The average molecular weight is 380 g/mol. The van der Waals surface area contributed by atoms with Crippen molar-refractivity contribution in [3.05, 3.63) is 57.0 Å². The van der Waals surface area contributed by atoms with Crippen molar-refractivity contribution in [2.75, 3.05) is 31.1 Å². The van der Waals surface area contributed by atoms with Gasteiger partial charge < -0.3 is 9.80 Å². The third-order valence-electron chi connectivity index (χ3n) is 6.31. The van der Waals surface area contributed by atoms with E-state index in [4.69, 9.17) is 0 Å². The molecule has 1 saturated heterocycles. The van der Waals surface area contributed by atoms with Crippen molar-refractivity contribution in [2.24, 2.45) is 13.0 Å². The minimum Gasteiger partial charge on any atom is -0.368 e. The Morgan fingerprint density at radius 2 is 1.89 bits per heavy atom. The standard InChI is InChI=1S/C22H28N4O2/c1-15-5-4-6-20(16(15)2)25-9-11-26(12-10-25)22(28)17-7-8-19-18(13-17)14-21(27)24(3)23-19/h4-6,14,17H,7-13H2,1-3H3. The van der Waals surface area contributed by atoms with Crippen molar-refractivity contribution >= 4 is 11.6 Å². The number of hydrogen-bond donors (Lipinski definition) is 0. The van der Waals surface area contributed by atoms with Crippen LogP contribution in [0.15, 0.2) is 29.1 Å². The molecule has 1 aromatic carbocycles. The van der Waals surface area contributed by atoms with Crippen molar-refractivity contribution in [3.63, 3.8) is 0 Å². The molecule has 1 atom stereocenters. The largest absolute Gasteiger partial charge is 0.368 e. The molecule has 6 heteroatoms. The van der Waals surface area contributed by atoms with E-state index in [-0.39, 0.29) is 17.4 Å². The van der Waals surface area contributed by atoms with Crippen LogP contribution in [0.2, 0.25) is 0 Å². The highest BCUT2D eigenvalue weighted by atomic mass is 16.2. The van der Waals surface area contributed by atoms with E-state index in [0.717, 1.165) is 50.3 Å². The molecule has 1 aromatic heterocycles. The third-order valence-corrected chi connectivity index (χ3v) is 6.31. The summed E-state index contributed by atoms with van der Waals surface area (Å²) in [7, 11) is 1.68. The van der Waals surface area contributed by atoms with E-state index >= 15 is 0 Å². The van der Waals surface area contributed by atoms with Crippen LogP contribution < -0.4 is 10.5 Å². The van der Waals surface area contributed by atoms with E-state index in [1.165, 1.54) is 21.5 Å². The molecule has 1 unspecified atom stereocenters. The fourth-order valence-electron chi connectivity index (χ4n) is 4.40. The summed E-state index contributed by atoms with van der Waals surface area (Å²) in [6.45, 7) is 7.54. The molecule has 0 bridgehead atoms. The average Bonchev–Trinajstić information content (AvgIpc) is 2.70. The van der Waals surface area contributed by atoms with Crippen LogP contribution in [0.4, 0.5) is 5.69 Å². The van der Waals surface area contributed by atoms with Crippen molar-refractivity contribution in [1.29, 1.82) is 0 Å². The van der Waals surface area contributed by atoms with E-state index in [9.17, 15) is 9.59 Å². The number of aromatic nitrogens is 2. The Balaban J connectivity index is 1.41. The molecule has 1 aliphatic carbocycles. The fourth-order valence-corrected chi connectivity index (χ4v) is 4.40. The van der Waals surface area contributed by atoms with Gasteiger partial charge in [0.15, 0.2) is 0 Å². The van der Waals surface area contributed by atoms with Gasteiger partial charge in [-0.25, -0.2) is 4.68 Å². The fraction of sp³-hybridized carbons (Fsp3) is 0.500. The zero-order chi connectivity index (χ0) is 19.8. The van der Waals surface area contributed by atoms with Crippen LogP contribution in [0.1, 0.15) is 28.8 Å². The zero-order valence-corrected chi connectivity index (χ0v) is 16.9. The lowest BCUT2D eigenvalue weighted by atomic mass is 9.86. The van der Waals surface area contributed by atoms with Crippen LogP contribution in [-0.4, -0.2) is 46.8 Å². The monoisotopic (exact) mass is 380 g/mol. The topological polar surface area (TPSA) is 58.4 Å². The first kappa shape index (κ1) is 18.7. The number of carbonyl (C=O) groups is 1. The van der Waals surface area contributed by atoms with Gasteiger partial charge in [-0.1, -0.05) is 12.1 Å². The van der Waals surface area contributed by atoms with E-state index in [0.29, 0.717) is 6.42 Å². The van der Waals surface area contributed by atoms with E-state index in [2.05, 4.69) is 42.0 Å².